The minimum absolute atomic E-state index is 0. The van der Waals surface area contributed by atoms with Gasteiger partial charge >= 0.3 is 6.18 Å². The number of rotatable bonds is 2. The van der Waals surface area contributed by atoms with Crippen molar-refractivity contribution < 1.29 is 17.6 Å². The van der Waals surface area contributed by atoms with Crippen LogP contribution in [0.4, 0.5) is 17.6 Å². The van der Waals surface area contributed by atoms with Gasteiger partial charge in [0.15, 0.2) is 5.96 Å². The summed E-state index contributed by atoms with van der Waals surface area (Å²) in [5.74, 6) is -1.23. The highest BCUT2D eigenvalue weighted by molar-refractivity contribution is 5.93. The topological polar surface area (TPSA) is 83.2 Å². The van der Waals surface area contributed by atoms with Gasteiger partial charge in [-0.1, -0.05) is 6.07 Å². The zero-order chi connectivity index (χ0) is 18.6. The number of piperazine rings is 1. The van der Waals surface area contributed by atoms with E-state index in [-0.39, 0.29) is 36.4 Å². The molecule has 0 spiro atoms. The molecule has 1 saturated heterocycles. The highest BCUT2D eigenvalue weighted by atomic mass is 35.5. The van der Waals surface area contributed by atoms with Crippen LogP contribution in [0.25, 0.3) is 0 Å². The summed E-state index contributed by atoms with van der Waals surface area (Å²) >= 11 is 0. The Morgan fingerprint density at radius 2 is 1.77 bits per heavy atom. The molecule has 0 saturated carbocycles. The quantitative estimate of drug-likeness (QED) is 0.452. The SMILES string of the molecule is CN1CCN(C(N)=NC(N)=NCc2ccc(C(F)(F)F)c(F)c2)CC1.Cl. The van der Waals surface area contributed by atoms with Gasteiger partial charge in [-0.15, -0.1) is 12.4 Å². The smallest absolute Gasteiger partial charge is 0.369 e. The predicted molar refractivity (Wildman–Crippen MR) is 94.7 cm³/mol. The Bertz CT molecular complexity index is 669. The van der Waals surface area contributed by atoms with Crippen LogP contribution in [-0.4, -0.2) is 54.9 Å². The number of hydrogen-bond donors (Lipinski definition) is 2. The van der Waals surface area contributed by atoms with E-state index in [9.17, 15) is 17.6 Å². The molecule has 0 aromatic heterocycles. The second-order valence-corrected chi connectivity index (χ2v) is 5.75. The van der Waals surface area contributed by atoms with Crippen LogP contribution in [0.3, 0.4) is 0 Å². The van der Waals surface area contributed by atoms with Crippen molar-refractivity contribution in [3.05, 3.63) is 35.1 Å². The number of hydrogen-bond acceptors (Lipinski definition) is 2. The fraction of sp³-hybridized carbons (Fsp3) is 0.467. The maximum absolute atomic E-state index is 13.5. The third-order valence-electron chi connectivity index (χ3n) is 3.82. The van der Waals surface area contributed by atoms with E-state index < -0.39 is 17.6 Å². The van der Waals surface area contributed by atoms with E-state index in [0.29, 0.717) is 19.2 Å². The van der Waals surface area contributed by atoms with Gasteiger partial charge in [-0.25, -0.2) is 9.38 Å². The number of halogens is 5. The van der Waals surface area contributed by atoms with E-state index in [1.165, 1.54) is 0 Å². The maximum atomic E-state index is 13.5. The Hall–Kier alpha value is -2.07. The van der Waals surface area contributed by atoms with Gasteiger partial charge in [-0.05, 0) is 24.7 Å². The Balaban J connectivity index is 0.00000338. The fourth-order valence-corrected chi connectivity index (χ4v) is 2.32. The summed E-state index contributed by atoms with van der Waals surface area (Å²) in [6, 6.07) is 2.61. The molecule has 4 N–H and O–H groups in total. The van der Waals surface area contributed by atoms with E-state index in [4.69, 9.17) is 11.5 Å². The number of guanidine groups is 2. The largest absolute Gasteiger partial charge is 0.419 e. The monoisotopic (exact) mass is 396 g/mol. The normalized spacial score (nSPS) is 17.2. The summed E-state index contributed by atoms with van der Waals surface area (Å²) in [6.45, 7) is 3.02. The van der Waals surface area contributed by atoms with Crippen LogP contribution >= 0.6 is 12.4 Å². The van der Waals surface area contributed by atoms with E-state index in [0.717, 1.165) is 25.2 Å². The van der Waals surface area contributed by atoms with Gasteiger partial charge in [0, 0.05) is 26.2 Å². The second-order valence-electron chi connectivity index (χ2n) is 5.75. The predicted octanol–water partition coefficient (Wildman–Crippen LogP) is 1.64. The van der Waals surface area contributed by atoms with Crippen LogP contribution < -0.4 is 11.5 Å². The fourth-order valence-electron chi connectivity index (χ4n) is 2.32. The summed E-state index contributed by atoms with van der Waals surface area (Å²) in [7, 11) is 2.00. The molecule has 146 valence electrons. The molecule has 0 amide bonds. The molecule has 0 atom stereocenters. The number of likely N-dealkylation sites (N-methyl/N-ethyl adjacent to an activating group) is 1. The number of nitrogens with two attached hydrogens (primary N) is 2. The molecule has 1 heterocycles. The molecule has 1 fully saturated rings. The molecule has 1 aliphatic rings. The molecule has 0 bridgehead atoms. The first-order chi connectivity index (χ1) is 11.7. The second kappa shape index (κ2) is 9.04. The third kappa shape index (κ3) is 6.03. The number of aliphatic imine (C=N–C) groups is 2. The van der Waals surface area contributed by atoms with E-state index in [1.807, 2.05) is 11.9 Å². The summed E-state index contributed by atoms with van der Waals surface area (Å²) in [4.78, 5) is 11.9. The van der Waals surface area contributed by atoms with E-state index >= 15 is 0 Å². The maximum Gasteiger partial charge on any atom is 0.419 e. The van der Waals surface area contributed by atoms with Crippen molar-refractivity contribution in [1.82, 2.24) is 9.80 Å². The molecule has 1 aromatic rings. The van der Waals surface area contributed by atoms with Gasteiger partial charge < -0.3 is 21.3 Å². The van der Waals surface area contributed by atoms with Gasteiger partial charge in [0.1, 0.15) is 5.82 Å². The van der Waals surface area contributed by atoms with Crippen LogP contribution in [0, 0.1) is 5.82 Å². The summed E-state index contributed by atoms with van der Waals surface area (Å²) in [6.07, 6.45) is -4.73. The molecule has 1 aromatic carbocycles. The Morgan fingerprint density at radius 3 is 2.31 bits per heavy atom. The number of alkyl halides is 3. The first kappa shape index (κ1) is 22.0. The molecular formula is C15H21ClF4N6. The first-order valence-corrected chi connectivity index (χ1v) is 7.60. The molecular weight excluding hydrogens is 376 g/mol. The first-order valence-electron chi connectivity index (χ1n) is 7.60. The number of benzene rings is 1. The minimum Gasteiger partial charge on any atom is -0.369 e. The van der Waals surface area contributed by atoms with Crippen molar-refractivity contribution in [3.63, 3.8) is 0 Å². The molecule has 0 unspecified atom stereocenters. The highest BCUT2D eigenvalue weighted by Crippen LogP contribution is 2.31. The lowest BCUT2D eigenvalue weighted by Gasteiger charge is -2.32. The summed E-state index contributed by atoms with van der Waals surface area (Å²) in [5, 5.41) is 0. The van der Waals surface area contributed by atoms with Crippen LogP contribution in [0.1, 0.15) is 11.1 Å². The zero-order valence-corrected chi connectivity index (χ0v) is 14.9. The lowest BCUT2D eigenvalue weighted by molar-refractivity contribution is -0.140. The Kier molecular flexibility index (Phi) is 7.64. The van der Waals surface area contributed by atoms with Gasteiger partial charge in [0.25, 0.3) is 0 Å². The van der Waals surface area contributed by atoms with Crippen LogP contribution in [0.5, 0.6) is 0 Å². The van der Waals surface area contributed by atoms with E-state index in [1.54, 1.807) is 0 Å². The number of nitrogens with zero attached hydrogens (tertiary/aromatic N) is 4. The van der Waals surface area contributed by atoms with Crippen molar-refractivity contribution in [2.24, 2.45) is 21.5 Å². The average molecular weight is 397 g/mol. The molecule has 0 radical (unpaired) electrons. The summed E-state index contributed by atoms with van der Waals surface area (Å²) < 4.78 is 51.0. The Morgan fingerprint density at radius 1 is 1.15 bits per heavy atom. The van der Waals surface area contributed by atoms with Gasteiger partial charge in [0.2, 0.25) is 5.96 Å². The molecule has 0 aliphatic carbocycles. The molecule has 11 heteroatoms. The van der Waals surface area contributed by atoms with Gasteiger partial charge in [-0.3, -0.25) is 0 Å². The molecule has 26 heavy (non-hydrogen) atoms. The molecule has 2 rings (SSSR count). The average Bonchev–Trinajstić information content (AvgIpc) is 2.52. The van der Waals surface area contributed by atoms with Crippen molar-refractivity contribution >= 4 is 24.3 Å². The zero-order valence-electron chi connectivity index (χ0n) is 14.1. The van der Waals surface area contributed by atoms with Crippen LogP contribution in [-0.2, 0) is 12.7 Å². The minimum atomic E-state index is -4.73. The lowest BCUT2D eigenvalue weighted by Crippen LogP contribution is -2.50. The lowest BCUT2D eigenvalue weighted by atomic mass is 10.1. The van der Waals surface area contributed by atoms with Crippen molar-refractivity contribution in [2.45, 2.75) is 12.7 Å². The molecule has 6 nitrogen and oxygen atoms in total. The third-order valence-corrected chi connectivity index (χ3v) is 3.82. The van der Waals surface area contributed by atoms with Crippen LogP contribution in [0.2, 0.25) is 0 Å². The highest BCUT2D eigenvalue weighted by Gasteiger charge is 2.33. The Labute approximate surface area is 155 Å². The van der Waals surface area contributed by atoms with Crippen LogP contribution in [0.15, 0.2) is 28.2 Å². The van der Waals surface area contributed by atoms with Gasteiger partial charge in [-0.2, -0.15) is 18.2 Å². The summed E-state index contributed by atoms with van der Waals surface area (Å²) in [5.41, 5.74) is 10.5. The van der Waals surface area contributed by atoms with Crippen molar-refractivity contribution in [1.29, 1.82) is 0 Å². The standard InChI is InChI=1S/C15H20F4N6.ClH/c1-24-4-6-25(7-5-24)14(21)23-13(20)22-9-10-2-3-11(12(16)8-10)15(17,18)19;/h2-3,8H,4-7,9H2,1H3,(H4,20,21,22,23);1H. The van der Waals surface area contributed by atoms with Gasteiger partial charge in [0.05, 0.1) is 12.1 Å². The van der Waals surface area contributed by atoms with E-state index in [2.05, 4.69) is 14.9 Å². The molecule has 1 aliphatic heterocycles. The van der Waals surface area contributed by atoms with Crippen molar-refractivity contribution in [2.75, 3.05) is 33.2 Å². The van der Waals surface area contributed by atoms with Crippen molar-refractivity contribution in [3.8, 4) is 0 Å².